The number of halogens is 1. The van der Waals surface area contributed by atoms with Crippen molar-refractivity contribution in [2.45, 2.75) is 19.8 Å². The van der Waals surface area contributed by atoms with Crippen LogP contribution in [0.4, 0.5) is 5.69 Å². The third-order valence-electron chi connectivity index (χ3n) is 2.42. The van der Waals surface area contributed by atoms with Crippen LogP contribution in [-0.2, 0) is 6.42 Å². The van der Waals surface area contributed by atoms with E-state index in [1.54, 1.807) is 12.3 Å². The van der Waals surface area contributed by atoms with Crippen molar-refractivity contribution in [1.82, 2.24) is 9.55 Å². The Morgan fingerprint density at radius 2 is 2.25 bits per heavy atom. The van der Waals surface area contributed by atoms with E-state index in [-0.39, 0.29) is 0 Å². The Bertz CT molecular complexity index is 491. The zero-order chi connectivity index (χ0) is 11.5. The molecule has 1 aromatic heterocycles. The molecule has 0 bridgehead atoms. The van der Waals surface area contributed by atoms with Crippen molar-refractivity contribution in [2.75, 3.05) is 5.73 Å². The molecular formula is C12H14ClN3. The van der Waals surface area contributed by atoms with Gasteiger partial charge in [0.2, 0.25) is 0 Å². The van der Waals surface area contributed by atoms with E-state index in [4.69, 9.17) is 17.3 Å². The third kappa shape index (κ3) is 2.04. The first-order valence-corrected chi connectivity index (χ1v) is 5.67. The number of anilines is 1. The van der Waals surface area contributed by atoms with Gasteiger partial charge in [0.1, 0.15) is 5.82 Å². The summed E-state index contributed by atoms with van der Waals surface area (Å²) in [4.78, 5) is 4.32. The van der Waals surface area contributed by atoms with Crippen molar-refractivity contribution in [1.29, 1.82) is 0 Å². The lowest BCUT2D eigenvalue weighted by atomic mass is 10.2. The fourth-order valence-electron chi connectivity index (χ4n) is 1.68. The molecule has 0 unspecified atom stereocenters. The maximum atomic E-state index is 6.16. The summed E-state index contributed by atoms with van der Waals surface area (Å²) in [5.74, 6) is 1.02. The Hall–Kier alpha value is -1.48. The van der Waals surface area contributed by atoms with Gasteiger partial charge in [-0.2, -0.15) is 0 Å². The van der Waals surface area contributed by atoms with E-state index in [1.165, 1.54) is 0 Å². The van der Waals surface area contributed by atoms with Gasteiger partial charge < -0.3 is 10.3 Å². The minimum atomic E-state index is 0.648. The first-order valence-electron chi connectivity index (χ1n) is 5.30. The molecule has 0 saturated carbocycles. The third-order valence-corrected chi connectivity index (χ3v) is 2.72. The summed E-state index contributed by atoms with van der Waals surface area (Å²) >= 11 is 6.16. The number of benzene rings is 1. The van der Waals surface area contributed by atoms with Gasteiger partial charge >= 0.3 is 0 Å². The van der Waals surface area contributed by atoms with Crippen LogP contribution < -0.4 is 5.73 Å². The summed E-state index contributed by atoms with van der Waals surface area (Å²) in [5, 5.41) is 0.648. The molecule has 3 nitrogen and oxygen atoms in total. The molecule has 0 amide bonds. The molecule has 0 aliphatic heterocycles. The molecular weight excluding hydrogens is 222 g/mol. The molecule has 1 aromatic carbocycles. The molecule has 0 radical (unpaired) electrons. The highest BCUT2D eigenvalue weighted by Gasteiger charge is 2.07. The van der Waals surface area contributed by atoms with Crippen LogP contribution in [0, 0.1) is 0 Å². The maximum absolute atomic E-state index is 6.16. The van der Waals surface area contributed by atoms with Crippen LogP contribution in [-0.4, -0.2) is 9.55 Å². The lowest BCUT2D eigenvalue weighted by Crippen LogP contribution is -2.01. The number of nitrogen functional groups attached to an aromatic ring is 1. The Morgan fingerprint density at radius 3 is 2.94 bits per heavy atom. The molecule has 1 heterocycles. The molecule has 0 saturated heterocycles. The summed E-state index contributed by atoms with van der Waals surface area (Å²) in [5.41, 5.74) is 7.27. The molecule has 2 N–H and O–H groups in total. The fraction of sp³-hybridized carbons (Fsp3) is 0.250. The predicted octanol–water partition coefficient (Wildman–Crippen LogP) is 3.06. The van der Waals surface area contributed by atoms with Crippen LogP contribution in [0.25, 0.3) is 5.69 Å². The number of hydrogen-bond donors (Lipinski definition) is 1. The topological polar surface area (TPSA) is 43.8 Å². The molecule has 0 aliphatic rings. The van der Waals surface area contributed by atoms with Gasteiger partial charge in [-0.25, -0.2) is 4.98 Å². The van der Waals surface area contributed by atoms with Crippen LogP contribution in [0.2, 0.25) is 5.02 Å². The Labute approximate surface area is 99.9 Å². The Morgan fingerprint density at radius 1 is 1.44 bits per heavy atom. The second kappa shape index (κ2) is 4.58. The van der Waals surface area contributed by atoms with E-state index in [2.05, 4.69) is 11.9 Å². The predicted molar refractivity (Wildman–Crippen MR) is 67.0 cm³/mol. The zero-order valence-electron chi connectivity index (χ0n) is 9.15. The van der Waals surface area contributed by atoms with Crippen LogP contribution >= 0.6 is 11.6 Å². The highest BCUT2D eigenvalue weighted by atomic mass is 35.5. The highest BCUT2D eigenvalue weighted by molar-refractivity contribution is 6.32. The van der Waals surface area contributed by atoms with E-state index in [0.717, 1.165) is 24.4 Å². The van der Waals surface area contributed by atoms with E-state index < -0.39 is 0 Å². The average Bonchev–Trinajstić information content (AvgIpc) is 2.67. The van der Waals surface area contributed by atoms with Gasteiger partial charge in [-0.3, -0.25) is 0 Å². The molecule has 0 fully saturated rings. The Kier molecular flexibility index (Phi) is 3.15. The first kappa shape index (κ1) is 11.0. The SMILES string of the molecule is CCCc1nccn1-c1ccc(N)cc1Cl. The lowest BCUT2D eigenvalue weighted by molar-refractivity contribution is 0.809. The standard InChI is InChI=1S/C12H14ClN3/c1-2-3-12-15-6-7-16(12)11-5-4-9(14)8-10(11)13/h4-8H,2-3,14H2,1H3. The van der Waals surface area contributed by atoms with Gasteiger partial charge in [-0.15, -0.1) is 0 Å². The number of rotatable bonds is 3. The molecule has 0 atom stereocenters. The fourth-order valence-corrected chi connectivity index (χ4v) is 1.96. The van der Waals surface area contributed by atoms with E-state index >= 15 is 0 Å². The number of hydrogen-bond acceptors (Lipinski definition) is 2. The minimum Gasteiger partial charge on any atom is -0.399 e. The second-order valence-electron chi connectivity index (χ2n) is 3.67. The van der Waals surface area contributed by atoms with Gasteiger partial charge in [-0.05, 0) is 24.6 Å². The lowest BCUT2D eigenvalue weighted by Gasteiger charge is -2.09. The number of aryl methyl sites for hydroxylation is 1. The van der Waals surface area contributed by atoms with Crippen molar-refractivity contribution >= 4 is 17.3 Å². The highest BCUT2D eigenvalue weighted by Crippen LogP contribution is 2.24. The summed E-state index contributed by atoms with van der Waals surface area (Å²) in [6, 6.07) is 5.52. The van der Waals surface area contributed by atoms with Crippen molar-refractivity contribution in [3.05, 3.63) is 41.4 Å². The van der Waals surface area contributed by atoms with Crippen LogP contribution in [0.15, 0.2) is 30.6 Å². The maximum Gasteiger partial charge on any atom is 0.113 e. The van der Waals surface area contributed by atoms with E-state index in [1.807, 2.05) is 22.9 Å². The summed E-state index contributed by atoms with van der Waals surface area (Å²) in [7, 11) is 0. The number of imidazole rings is 1. The van der Waals surface area contributed by atoms with Gasteiger partial charge in [0.25, 0.3) is 0 Å². The second-order valence-corrected chi connectivity index (χ2v) is 4.08. The monoisotopic (exact) mass is 235 g/mol. The van der Waals surface area contributed by atoms with Gasteiger partial charge in [-0.1, -0.05) is 18.5 Å². The van der Waals surface area contributed by atoms with Gasteiger partial charge in [0.15, 0.2) is 0 Å². The van der Waals surface area contributed by atoms with Crippen molar-refractivity contribution < 1.29 is 0 Å². The van der Waals surface area contributed by atoms with E-state index in [9.17, 15) is 0 Å². The molecule has 2 aromatic rings. The van der Waals surface area contributed by atoms with Crippen molar-refractivity contribution in [2.24, 2.45) is 0 Å². The average molecular weight is 236 g/mol. The van der Waals surface area contributed by atoms with Crippen LogP contribution in [0.5, 0.6) is 0 Å². The number of nitrogens with two attached hydrogens (primary N) is 1. The number of nitrogens with zero attached hydrogens (tertiary/aromatic N) is 2. The van der Waals surface area contributed by atoms with Crippen molar-refractivity contribution in [3.63, 3.8) is 0 Å². The van der Waals surface area contributed by atoms with Crippen LogP contribution in [0.1, 0.15) is 19.2 Å². The molecule has 0 aliphatic carbocycles. The smallest absolute Gasteiger partial charge is 0.113 e. The summed E-state index contributed by atoms with van der Waals surface area (Å²) < 4.78 is 2.01. The molecule has 2 rings (SSSR count). The van der Waals surface area contributed by atoms with Gasteiger partial charge in [0, 0.05) is 24.5 Å². The largest absolute Gasteiger partial charge is 0.399 e. The first-order chi connectivity index (χ1) is 7.72. The van der Waals surface area contributed by atoms with Gasteiger partial charge in [0.05, 0.1) is 10.7 Å². The van der Waals surface area contributed by atoms with Crippen molar-refractivity contribution in [3.8, 4) is 5.69 Å². The normalized spacial score (nSPS) is 10.6. The summed E-state index contributed by atoms with van der Waals surface area (Å²) in [6.45, 7) is 2.13. The quantitative estimate of drug-likeness (QED) is 0.831. The van der Waals surface area contributed by atoms with Crippen LogP contribution in [0.3, 0.4) is 0 Å². The zero-order valence-corrected chi connectivity index (χ0v) is 9.91. The molecule has 16 heavy (non-hydrogen) atoms. The molecule has 4 heteroatoms. The van der Waals surface area contributed by atoms with E-state index in [0.29, 0.717) is 10.7 Å². The molecule has 0 spiro atoms. The number of aromatic nitrogens is 2. The minimum absolute atomic E-state index is 0.648. The molecule has 84 valence electrons. The summed E-state index contributed by atoms with van der Waals surface area (Å²) in [6.07, 6.45) is 5.71. The Balaban J connectivity index is 2.46.